The molecule has 3 rings (SSSR count). The molecule has 0 atom stereocenters. The smallest absolute Gasteiger partial charge is 0.230 e. The Hall–Kier alpha value is -2.49. The van der Waals surface area contributed by atoms with E-state index < -0.39 is 0 Å². The van der Waals surface area contributed by atoms with Crippen LogP contribution < -0.4 is 5.32 Å². The van der Waals surface area contributed by atoms with E-state index in [9.17, 15) is 4.79 Å². The van der Waals surface area contributed by atoms with Crippen molar-refractivity contribution >= 4 is 23.0 Å². The molecular weight excluding hydrogens is 226 g/mol. The molecule has 0 saturated heterocycles. The maximum atomic E-state index is 11.8. The Kier molecular flexibility index (Phi) is 2.61. The van der Waals surface area contributed by atoms with Gasteiger partial charge in [-0.05, 0) is 29.8 Å². The van der Waals surface area contributed by atoms with Crippen molar-refractivity contribution in [3.05, 3.63) is 54.4 Å². The molecule has 0 spiro atoms. The quantitative estimate of drug-likeness (QED) is 0.828. The number of para-hydroxylation sites is 2. The SMILES string of the molecule is O=C1CC(c2ccncc2)=Nc2ccccc2N1. The van der Waals surface area contributed by atoms with Crippen molar-refractivity contribution in [3.63, 3.8) is 0 Å². The van der Waals surface area contributed by atoms with Gasteiger partial charge in [-0.2, -0.15) is 0 Å². The number of amides is 1. The lowest BCUT2D eigenvalue weighted by Gasteiger charge is -2.02. The minimum absolute atomic E-state index is 0.0458. The number of hydrogen-bond acceptors (Lipinski definition) is 3. The molecule has 0 radical (unpaired) electrons. The van der Waals surface area contributed by atoms with Crippen molar-refractivity contribution < 1.29 is 4.79 Å². The third kappa shape index (κ3) is 2.00. The average molecular weight is 237 g/mol. The van der Waals surface area contributed by atoms with Crippen molar-refractivity contribution in [2.75, 3.05) is 5.32 Å². The number of carbonyl (C=O) groups excluding carboxylic acids is 1. The van der Waals surface area contributed by atoms with Crippen LogP contribution in [0, 0.1) is 0 Å². The highest BCUT2D eigenvalue weighted by molar-refractivity contribution is 6.16. The van der Waals surface area contributed by atoms with Gasteiger partial charge in [-0.15, -0.1) is 0 Å². The predicted octanol–water partition coefficient (Wildman–Crippen LogP) is 2.54. The molecule has 1 aliphatic rings. The normalized spacial score (nSPS) is 14.2. The second-order valence-electron chi connectivity index (χ2n) is 4.04. The largest absolute Gasteiger partial charge is 0.324 e. The fraction of sp³-hybridized carbons (Fsp3) is 0.0714. The molecule has 4 nitrogen and oxygen atoms in total. The number of benzene rings is 1. The fourth-order valence-corrected chi connectivity index (χ4v) is 1.92. The monoisotopic (exact) mass is 237 g/mol. The second kappa shape index (κ2) is 4.41. The number of rotatable bonds is 1. The Morgan fingerprint density at radius 1 is 1.06 bits per heavy atom. The molecule has 1 aromatic heterocycles. The molecule has 2 aromatic rings. The first kappa shape index (κ1) is 10.7. The summed E-state index contributed by atoms with van der Waals surface area (Å²) >= 11 is 0. The van der Waals surface area contributed by atoms with Crippen LogP contribution in [0.2, 0.25) is 0 Å². The van der Waals surface area contributed by atoms with Gasteiger partial charge in [0.05, 0.1) is 23.5 Å². The zero-order chi connectivity index (χ0) is 12.4. The summed E-state index contributed by atoms with van der Waals surface area (Å²) in [5, 5.41) is 2.85. The van der Waals surface area contributed by atoms with E-state index in [4.69, 9.17) is 0 Å². The number of aliphatic imine (C=N–C) groups is 1. The predicted molar refractivity (Wildman–Crippen MR) is 70.1 cm³/mol. The standard InChI is InChI=1S/C14H11N3O/c18-14-9-13(10-5-7-15-8-6-10)16-11-3-1-2-4-12(11)17-14/h1-8H,9H2,(H,17,18). The van der Waals surface area contributed by atoms with Crippen LogP contribution in [0.4, 0.5) is 11.4 Å². The van der Waals surface area contributed by atoms with Gasteiger partial charge in [0.15, 0.2) is 0 Å². The Labute approximate surface area is 104 Å². The minimum atomic E-state index is -0.0458. The summed E-state index contributed by atoms with van der Waals surface area (Å²) in [5.74, 6) is -0.0458. The summed E-state index contributed by atoms with van der Waals surface area (Å²) in [4.78, 5) is 20.4. The van der Waals surface area contributed by atoms with Gasteiger partial charge in [-0.1, -0.05) is 12.1 Å². The van der Waals surface area contributed by atoms with Crippen LogP contribution in [0.3, 0.4) is 0 Å². The zero-order valence-electron chi connectivity index (χ0n) is 9.63. The van der Waals surface area contributed by atoms with Crippen molar-refractivity contribution in [3.8, 4) is 0 Å². The molecule has 1 aliphatic heterocycles. The molecule has 0 unspecified atom stereocenters. The minimum Gasteiger partial charge on any atom is -0.324 e. The Morgan fingerprint density at radius 2 is 1.83 bits per heavy atom. The van der Waals surface area contributed by atoms with E-state index in [0.29, 0.717) is 0 Å². The third-order valence-electron chi connectivity index (χ3n) is 2.78. The molecule has 88 valence electrons. The van der Waals surface area contributed by atoms with E-state index in [0.717, 1.165) is 22.6 Å². The van der Waals surface area contributed by atoms with E-state index in [1.807, 2.05) is 36.4 Å². The average Bonchev–Trinajstić information content (AvgIpc) is 2.57. The number of nitrogens with one attached hydrogen (secondary N) is 1. The number of nitrogens with zero attached hydrogens (tertiary/aromatic N) is 2. The van der Waals surface area contributed by atoms with Gasteiger partial charge in [0.25, 0.3) is 0 Å². The van der Waals surface area contributed by atoms with Crippen LogP contribution in [0.5, 0.6) is 0 Å². The van der Waals surface area contributed by atoms with Gasteiger partial charge >= 0.3 is 0 Å². The molecule has 1 N–H and O–H groups in total. The van der Waals surface area contributed by atoms with Crippen molar-refractivity contribution in [2.24, 2.45) is 4.99 Å². The summed E-state index contributed by atoms with van der Waals surface area (Å²) in [6.07, 6.45) is 3.68. The van der Waals surface area contributed by atoms with E-state index in [1.54, 1.807) is 12.4 Å². The maximum Gasteiger partial charge on any atom is 0.230 e. The highest BCUT2D eigenvalue weighted by Crippen LogP contribution is 2.28. The number of carbonyl (C=O) groups is 1. The highest BCUT2D eigenvalue weighted by atomic mass is 16.1. The second-order valence-corrected chi connectivity index (χ2v) is 4.04. The van der Waals surface area contributed by atoms with Gasteiger partial charge in [0, 0.05) is 12.4 Å². The van der Waals surface area contributed by atoms with E-state index in [-0.39, 0.29) is 12.3 Å². The number of anilines is 1. The topological polar surface area (TPSA) is 54.4 Å². The molecule has 1 aromatic carbocycles. The zero-order valence-corrected chi connectivity index (χ0v) is 9.63. The molecule has 4 heteroatoms. The fourth-order valence-electron chi connectivity index (χ4n) is 1.92. The Morgan fingerprint density at radius 3 is 2.67 bits per heavy atom. The van der Waals surface area contributed by atoms with Gasteiger partial charge in [0.1, 0.15) is 0 Å². The van der Waals surface area contributed by atoms with E-state index in [2.05, 4.69) is 15.3 Å². The van der Waals surface area contributed by atoms with Crippen LogP contribution >= 0.6 is 0 Å². The summed E-state index contributed by atoms with van der Waals surface area (Å²) in [5.41, 5.74) is 3.23. The molecule has 1 amide bonds. The lowest BCUT2D eigenvalue weighted by molar-refractivity contribution is -0.115. The number of pyridine rings is 1. The van der Waals surface area contributed by atoms with Gasteiger partial charge in [-0.25, -0.2) is 0 Å². The third-order valence-corrected chi connectivity index (χ3v) is 2.78. The van der Waals surface area contributed by atoms with Crippen LogP contribution in [0.15, 0.2) is 53.8 Å². The summed E-state index contributed by atoms with van der Waals surface area (Å²) in [6.45, 7) is 0. The molecule has 0 bridgehead atoms. The summed E-state index contributed by atoms with van der Waals surface area (Å²) < 4.78 is 0. The summed E-state index contributed by atoms with van der Waals surface area (Å²) in [6, 6.07) is 11.3. The maximum absolute atomic E-state index is 11.8. The van der Waals surface area contributed by atoms with Gasteiger partial charge in [0.2, 0.25) is 5.91 Å². The van der Waals surface area contributed by atoms with E-state index in [1.165, 1.54) is 0 Å². The Balaban J connectivity index is 2.11. The van der Waals surface area contributed by atoms with Gasteiger partial charge in [-0.3, -0.25) is 14.8 Å². The van der Waals surface area contributed by atoms with Gasteiger partial charge < -0.3 is 5.32 Å². The number of hydrogen-bond donors (Lipinski definition) is 1. The molecule has 18 heavy (non-hydrogen) atoms. The molecule has 0 aliphatic carbocycles. The van der Waals surface area contributed by atoms with Crippen molar-refractivity contribution in [2.45, 2.75) is 6.42 Å². The lowest BCUT2D eigenvalue weighted by atomic mass is 10.1. The lowest BCUT2D eigenvalue weighted by Crippen LogP contribution is -2.14. The molecular formula is C14H11N3O. The first-order chi connectivity index (χ1) is 8.83. The first-order valence-electron chi connectivity index (χ1n) is 5.70. The van der Waals surface area contributed by atoms with E-state index >= 15 is 0 Å². The van der Waals surface area contributed by atoms with Crippen LogP contribution in [-0.2, 0) is 4.79 Å². The van der Waals surface area contributed by atoms with Crippen molar-refractivity contribution in [1.82, 2.24) is 4.98 Å². The first-order valence-corrected chi connectivity index (χ1v) is 5.70. The van der Waals surface area contributed by atoms with Crippen LogP contribution in [0.25, 0.3) is 0 Å². The van der Waals surface area contributed by atoms with Crippen molar-refractivity contribution in [1.29, 1.82) is 0 Å². The molecule has 0 fully saturated rings. The number of aromatic nitrogens is 1. The van der Waals surface area contributed by atoms with Crippen LogP contribution in [0.1, 0.15) is 12.0 Å². The highest BCUT2D eigenvalue weighted by Gasteiger charge is 2.16. The van der Waals surface area contributed by atoms with Crippen LogP contribution in [-0.4, -0.2) is 16.6 Å². The molecule has 0 saturated carbocycles. The Bertz CT molecular complexity index is 620. The summed E-state index contributed by atoms with van der Waals surface area (Å²) in [7, 11) is 0. The number of fused-ring (bicyclic) bond motifs is 1. The molecule has 2 heterocycles.